The first kappa shape index (κ1) is 6.92. The van der Waals surface area contributed by atoms with E-state index in [0.717, 1.165) is 0 Å². The van der Waals surface area contributed by atoms with E-state index in [2.05, 4.69) is 6.92 Å². The third kappa shape index (κ3) is 5.92. The van der Waals surface area contributed by atoms with Crippen LogP contribution in [0.15, 0.2) is 0 Å². The molecule has 43 valence electrons. The molecule has 0 aromatic carbocycles. The molecule has 0 fully saturated rings. The predicted octanol–water partition coefficient (Wildman–Crippen LogP) is -0.0477. The fraction of sp³-hybridized carbons (Fsp3) is 0.800. The van der Waals surface area contributed by atoms with Crippen molar-refractivity contribution in [3.05, 3.63) is 6.92 Å². The summed E-state index contributed by atoms with van der Waals surface area (Å²) in [6, 6.07) is 0. The Balaban J connectivity index is 2.95. The van der Waals surface area contributed by atoms with Crippen LogP contribution in [0.4, 0.5) is 0 Å². The fourth-order valence-electron chi connectivity index (χ4n) is 0.394. The molecular formula is C5H11O2. The van der Waals surface area contributed by atoms with Crippen LogP contribution in [-0.4, -0.2) is 22.4 Å². The van der Waals surface area contributed by atoms with E-state index in [-0.39, 0.29) is 0 Å². The second kappa shape index (κ2) is 2.99. The lowest BCUT2D eigenvalue weighted by molar-refractivity contribution is 0.115. The Kier molecular flexibility index (Phi) is 2.96. The Hall–Kier alpha value is -0.0800. The minimum Gasteiger partial charge on any atom is -0.393 e. The monoisotopic (exact) mass is 103 g/mol. The molecule has 1 radical (unpaired) electrons. The van der Waals surface area contributed by atoms with E-state index in [4.69, 9.17) is 10.2 Å². The zero-order chi connectivity index (χ0) is 5.86. The molecule has 2 N–H and O–H groups in total. The van der Waals surface area contributed by atoms with Crippen molar-refractivity contribution in [1.29, 1.82) is 0 Å². The molecule has 0 heterocycles. The summed E-state index contributed by atoms with van der Waals surface area (Å²) in [5.74, 6) is 0. The summed E-state index contributed by atoms with van der Waals surface area (Å²) in [6.45, 7) is 4.89. The third-order valence-corrected chi connectivity index (χ3v) is 0.613. The SMILES string of the molecule is [CH2]C(O)CC(C)O. The first-order valence-corrected chi connectivity index (χ1v) is 2.32. The van der Waals surface area contributed by atoms with Gasteiger partial charge in [0, 0.05) is 0 Å². The summed E-state index contributed by atoms with van der Waals surface area (Å²) in [5, 5.41) is 17.0. The van der Waals surface area contributed by atoms with E-state index in [1.165, 1.54) is 0 Å². The summed E-state index contributed by atoms with van der Waals surface area (Å²) >= 11 is 0. The van der Waals surface area contributed by atoms with Gasteiger partial charge < -0.3 is 10.2 Å². The Morgan fingerprint density at radius 3 is 2.00 bits per heavy atom. The summed E-state index contributed by atoms with van der Waals surface area (Å²) in [5.41, 5.74) is 0. The number of rotatable bonds is 2. The zero-order valence-electron chi connectivity index (χ0n) is 4.46. The van der Waals surface area contributed by atoms with Gasteiger partial charge in [-0.2, -0.15) is 0 Å². The van der Waals surface area contributed by atoms with Gasteiger partial charge in [0.15, 0.2) is 0 Å². The maximum Gasteiger partial charge on any atom is 0.0565 e. The van der Waals surface area contributed by atoms with Gasteiger partial charge in [0.25, 0.3) is 0 Å². The molecule has 7 heavy (non-hydrogen) atoms. The highest BCUT2D eigenvalue weighted by atomic mass is 16.3. The quantitative estimate of drug-likeness (QED) is 0.514. The maximum atomic E-state index is 8.52. The zero-order valence-corrected chi connectivity index (χ0v) is 4.46. The van der Waals surface area contributed by atoms with E-state index < -0.39 is 12.2 Å². The molecule has 0 aliphatic rings. The average Bonchev–Trinajstić information content (AvgIpc) is 1.27. The van der Waals surface area contributed by atoms with Gasteiger partial charge in [-0.25, -0.2) is 0 Å². The van der Waals surface area contributed by atoms with Crippen LogP contribution in [0.25, 0.3) is 0 Å². The Morgan fingerprint density at radius 1 is 1.57 bits per heavy atom. The summed E-state index contributed by atoms with van der Waals surface area (Å²) in [6.07, 6.45) is -0.701. The highest BCUT2D eigenvalue weighted by molar-refractivity contribution is 4.59. The normalized spacial score (nSPS) is 18.9. The van der Waals surface area contributed by atoms with E-state index in [1.54, 1.807) is 6.92 Å². The topological polar surface area (TPSA) is 40.5 Å². The minimum absolute atomic E-state index is 0.361. The van der Waals surface area contributed by atoms with Gasteiger partial charge in [-0.15, -0.1) is 0 Å². The summed E-state index contributed by atoms with van der Waals surface area (Å²) in [4.78, 5) is 0. The third-order valence-electron chi connectivity index (χ3n) is 0.613. The number of hydrogen-bond acceptors (Lipinski definition) is 2. The van der Waals surface area contributed by atoms with Gasteiger partial charge in [-0.3, -0.25) is 0 Å². The van der Waals surface area contributed by atoms with E-state index in [1.807, 2.05) is 0 Å². The van der Waals surface area contributed by atoms with E-state index in [9.17, 15) is 0 Å². The fourth-order valence-corrected chi connectivity index (χ4v) is 0.394. The van der Waals surface area contributed by atoms with Crippen LogP contribution in [0.2, 0.25) is 0 Å². The molecule has 0 spiro atoms. The smallest absolute Gasteiger partial charge is 0.0565 e. The lowest BCUT2D eigenvalue weighted by Crippen LogP contribution is -2.10. The van der Waals surface area contributed by atoms with Crippen LogP contribution in [-0.2, 0) is 0 Å². The molecule has 0 aromatic heterocycles. The summed E-state index contributed by atoms with van der Waals surface area (Å²) < 4.78 is 0. The van der Waals surface area contributed by atoms with Gasteiger partial charge in [0.2, 0.25) is 0 Å². The molecule has 2 unspecified atom stereocenters. The van der Waals surface area contributed by atoms with Crippen molar-refractivity contribution in [3.8, 4) is 0 Å². The molecule has 0 saturated carbocycles. The van der Waals surface area contributed by atoms with Crippen molar-refractivity contribution < 1.29 is 10.2 Å². The molecular weight excluding hydrogens is 92.1 g/mol. The first-order chi connectivity index (χ1) is 3.13. The standard InChI is InChI=1S/C5H11O2/c1-4(6)3-5(2)7/h4-7H,1,3H2,2H3. The first-order valence-electron chi connectivity index (χ1n) is 2.32. The molecule has 0 aromatic rings. The molecule has 2 atom stereocenters. The Labute approximate surface area is 43.8 Å². The van der Waals surface area contributed by atoms with Gasteiger partial charge in [0.05, 0.1) is 12.2 Å². The van der Waals surface area contributed by atoms with Crippen LogP contribution >= 0.6 is 0 Å². The second-order valence-electron chi connectivity index (χ2n) is 1.74. The lowest BCUT2D eigenvalue weighted by Gasteiger charge is -2.03. The van der Waals surface area contributed by atoms with Gasteiger partial charge in [0.1, 0.15) is 0 Å². The average molecular weight is 103 g/mol. The van der Waals surface area contributed by atoms with Crippen LogP contribution < -0.4 is 0 Å². The largest absolute Gasteiger partial charge is 0.393 e. The second-order valence-corrected chi connectivity index (χ2v) is 1.74. The van der Waals surface area contributed by atoms with E-state index >= 15 is 0 Å². The van der Waals surface area contributed by atoms with Crippen molar-refractivity contribution in [2.75, 3.05) is 0 Å². The number of aliphatic hydroxyl groups is 2. The number of hydrogen-bond donors (Lipinski definition) is 2. The molecule has 0 rings (SSSR count). The van der Waals surface area contributed by atoms with Crippen molar-refractivity contribution in [2.45, 2.75) is 25.6 Å². The maximum absolute atomic E-state index is 8.52. The van der Waals surface area contributed by atoms with Crippen molar-refractivity contribution >= 4 is 0 Å². The minimum atomic E-state index is -0.625. The molecule has 0 aliphatic heterocycles. The lowest BCUT2D eigenvalue weighted by atomic mass is 10.2. The summed E-state index contributed by atoms with van der Waals surface area (Å²) in [7, 11) is 0. The Morgan fingerprint density at radius 2 is 2.00 bits per heavy atom. The van der Waals surface area contributed by atoms with Crippen LogP contribution in [0.1, 0.15) is 13.3 Å². The highest BCUT2D eigenvalue weighted by Gasteiger charge is 1.98. The Bertz CT molecular complexity index is 35.3. The van der Waals surface area contributed by atoms with Crippen molar-refractivity contribution in [3.63, 3.8) is 0 Å². The molecule has 0 saturated heterocycles. The number of aliphatic hydroxyl groups excluding tert-OH is 2. The highest BCUT2D eigenvalue weighted by Crippen LogP contribution is 1.93. The van der Waals surface area contributed by atoms with Crippen molar-refractivity contribution in [1.82, 2.24) is 0 Å². The molecule has 2 nitrogen and oxygen atoms in total. The van der Waals surface area contributed by atoms with Gasteiger partial charge in [-0.1, -0.05) is 0 Å². The molecule has 0 bridgehead atoms. The van der Waals surface area contributed by atoms with E-state index in [0.29, 0.717) is 6.42 Å². The van der Waals surface area contributed by atoms with Crippen LogP contribution in [0.3, 0.4) is 0 Å². The molecule has 2 heteroatoms. The molecule has 0 amide bonds. The van der Waals surface area contributed by atoms with Gasteiger partial charge >= 0.3 is 0 Å². The van der Waals surface area contributed by atoms with Crippen molar-refractivity contribution in [2.24, 2.45) is 0 Å². The predicted molar refractivity (Wildman–Crippen MR) is 27.7 cm³/mol. The van der Waals surface area contributed by atoms with Crippen LogP contribution in [0, 0.1) is 6.92 Å². The van der Waals surface area contributed by atoms with Crippen LogP contribution in [0.5, 0.6) is 0 Å². The van der Waals surface area contributed by atoms with Gasteiger partial charge in [-0.05, 0) is 20.3 Å². The molecule has 0 aliphatic carbocycles.